The van der Waals surface area contributed by atoms with E-state index in [1.807, 2.05) is 37.4 Å². The topological polar surface area (TPSA) is 91.3 Å². The van der Waals surface area contributed by atoms with Gasteiger partial charge in [0.25, 0.3) is 5.91 Å². The number of benzene rings is 1. The van der Waals surface area contributed by atoms with Crippen LogP contribution in [0.1, 0.15) is 25.3 Å². The van der Waals surface area contributed by atoms with Gasteiger partial charge in [0.2, 0.25) is 0 Å². The number of piperidine rings is 1. The fourth-order valence-corrected chi connectivity index (χ4v) is 4.08. The molecule has 0 bridgehead atoms. The molecule has 2 aromatic rings. The molecule has 3 heterocycles. The first kappa shape index (κ1) is 21.1. The molecule has 2 aliphatic rings. The monoisotopic (exact) mass is 418 g/mol. The van der Waals surface area contributed by atoms with Gasteiger partial charge in [-0.25, -0.2) is 4.79 Å². The molecule has 1 saturated heterocycles. The number of rotatable bonds is 4. The summed E-state index contributed by atoms with van der Waals surface area (Å²) < 4.78 is 1.78. The minimum atomic E-state index is -0.701. The molecule has 156 valence electrons. The lowest BCUT2D eigenvalue weighted by atomic mass is 9.87. The van der Waals surface area contributed by atoms with Crippen LogP contribution in [0.5, 0.6) is 0 Å². The summed E-state index contributed by atoms with van der Waals surface area (Å²) in [5.74, 6) is -0.0693. The van der Waals surface area contributed by atoms with Crippen molar-refractivity contribution in [1.29, 1.82) is 0 Å². The molecule has 0 radical (unpaired) electrons. The number of aromatic nitrogens is 2. The van der Waals surface area contributed by atoms with E-state index in [1.54, 1.807) is 15.8 Å². The molecule has 4 rings (SSSR count). The summed E-state index contributed by atoms with van der Waals surface area (Å²) in [5.41, 5.74) is 1.98. The number of nitrogens with one attached hydrogen (secondary N) is 3. The number of fused-ring (bicyclic) bond motifs is 1. The molecular formula is C20H27ClN6O2. The molecule has 1 aromatic carbocycles. The Kier molecular flexibility index (Phi) is 6.44. The number of nitrogens with zero attached hydrogens (tertiary/aromatic N) is 3. The second kappa shape index (κ2) is 8.84. The van der Waals surface area contributed by atoms with Gasteiger partial charge in [0.15, 0.2) is 0 Å². The molecule has 0 spiro atoms. The summed E-state index contributed by atoms with van der Waals surface area (Å²) >= 11 is 0. The first-order chi connectivity index (χ1) is 13.6. The van der Waals surface area contributed by atoms with Crippen molar-refractivity contribution in [3.8, 4) is 0 Å². The normalized spacial score (nSPS) is 17.2. The number of halogens is 1. The standard InChI is InChI=1S/C20H26N6O2.ClH/c1-2-22-19(28)25-13-6-15-4-5-16(14-17(15)25)24-18(27)20(7-10-21-11-8-20)26-12-3-9-23-26;/h3-5,9,12,14,21H,2,6-8,10-11,13H2,1H3,(H,22,28)(H,24,27);1H. The zero-order valence-corrected chi connectivity index (χ0v) is 17.3. The van der Waals surface area contributed by atoms with E-state index in [0.717, 1.165) is 30.8 Å². The number of anilines is 2. The Morgan fingerprint density at radius 1 is 1.28 bits per heavy atom. The maximum Gasteiger partial charge on any atom is 0.321 e. The number of carbonyl (C=O) groups excluding carboxylic acids is 2. The number of carbonyl (C=O) groups is 2. The van der Waals surface area contributed by atoms with Crippen LogP contribution in [0.4, 0.5) is 16.2 Å². The second-order valence-electron chi connectivity index (χ2n) is 7.27. The van der Waals surface area contributed by atoms with Crippen LogP contribution in [-0.4, -0.2) is 47.9 Å². The molecule has 3 amide bonds. The van der Waals surface area contributed by atoms with Crippen LogP contribution in [0.2, 0.25) is 0 Å². The van der Waals surface area contributed by atoms with E-state index in [-0.39, 0.29) is 24.3 Å². The summed E-state index contributed by atoms with van der Waals surface area (Å²) in [7, 11) is 0. The lowest BCUT2D eigenvalue weighted by Gasteiger charge is -2.36. The maximum absolute atomic E-state index is 13.3. The smallest absolute Gasteiger partial charge is 0.321 e. The maximum atomic E-state index is 13.3. The summed E-state index contributed by atoms with van der Waals surface area (Å²) in [6.45, 7) is 4.67. The molecular weight excluding hydrogens is 392 g/mol. The van der Waals surface area contributed by atoms with Crippen molar-refractivity contribution >= 4 is 35.7 Å². The Balaban J connectivity index is 0.00000240. The molecule has 0 unspecified atom stereocenters. The van der Waals surface area contributed by atoms with Crippen molar-refractivity contribution in [2.24, 2.45) is 0 Å². The van der Waals surface area contributed by atoms with Gasteiger partial charge >= 0.3 is 6.03 Å². The van der Waals surface area contributed by atoms with Gasteiger partial charge in [-0.1, -0.05) is 6.07 Å². The highest BCUT2D eigenvalue weighted by atomic mass is 35.5. The van der Waals surface area contributed by atoms with Gasteiger partial charge in [-0.15, -0.1) is 12.4 Å². The van der Waals surface area contributed by atoms with Gasteiger partial charge in [-0.2, -0.15) is 5.10 Å². The summed E-state index contributed by atoms with van der Waals surface area (Å²) in [5, 5.41) is 13.6. The molecule has 3 N–H and O–H groups in total. The number of hydrogen-bond acceptors (Lipinski definition) is 4. The highest BCUT2D eigenvalue weighted by Gasteiger charge is 2.42. The van der Waals surface area contributed by atoms with E-state index < -0.39 is 5.54 Å². The Morgan fingerprint density at radius 3 is 2.76 bits per heavy atom. The highest BCUT2D eigenvalue weighted by molar-refractivity contribution is 5.99. The quantitative estimate of drug-likeness (QED) is 0.709. The summed E-state index contributed by atoms with van der Waals surface area (Å²) in [6, 6.07) is 7.55. The van der Waals surface area contributed by atoms with Gasteiger partial charge < -0.3 is 16.0 Å². The number of hydrogen-bond donors (Lipinski definition) is 3. The van der Waals surface area contributed by atoms with Crippen molar-refractivity contribution < 1.29 is 9.59 Å². The highest BCUT2D eigenvalue weighted by Crippen LogP contribution is 2.33. The van der Waals surface area contributed by atoms with Gasteiger partial charge in [-0.3, -0.25) is 14.4 Å². The fourth-order valence-electron chi connectivity index (χ4n) is 4.08. The first-order valence-electron chi connectivity index (χ1n) is 9.84. The minimum absolute atomic E-state index is 0. The average molecular weight is 419 g/mol. The zero-order chi connectivity index (χ0) is 19.6. The molecule has 0 aliphatic carbocycles. The molecule has 29 heavy (non-hydrogen) atoms. The molecule has 9 heteroatoms. The van der Waals surface area contributed by atoms with Crippen LogP contribution in [-0.2, 0) is 16.8 Å². The zero-order valence-electron chi connectivity index (χ0n) is 16.5. The van der Waals surface area contributed by atoms with E-state index in [2.05, 4.69) is 21.0 Å². The van der Waals surface area contributed by atoms with Crippen LogP contribution >= 0.6 is 12.4 Å². The summed E-state index contributed by atoms with van der Waals surface area (Å²) in [6.07, 6.45) is 5.73. The van der Waals surface area contributed by atoms with Crippen LogP contribution < -0.4 is 20.9 Å². The molecule has 1 aromatic heterocycles. The van der Waals surface area contributed by atoms with Crippen molar-refractivity contribution in [3.05, 3.63) is 42.2 Å². The van der Waals surface area contributed by atoms with E-state index in [0.29, 0.717) is 31.6 Å². The van der Waals surface area contributed by atoms with Crippen LogP contribution in [0.25, 0.3) is 0 Å². The third-order valence-electron chi connectivity index (χ3n) is 5.61. The van der Waals surface area contributed by atoms with Crippen LogP contribution in [0, 0.1) is 0 Å². The SMILES string of the molecule is CCNC(=O)N1CCc2ccc(NC(=O)C3(n4cccn4)CCNCC3)cc21.Cl. The van der Waals surface area contributed by atoms with Gasteiger partial charge in [0.05, 0.1) is 5.69 Å². The first-order valence-corrected chi connectivity index (χ1v) is 9.84. The third-order valence-corrected chi connectivity index (χ3v) is 5.61. The molecule has 0 saturated carbocycles. The Hall–Kier alpha value is -2.58. The van der Waals surface area contributed by atoms with Crippen LogP contribution in [0.3, 0.4) is 0 Å². The van der Waals surface area contributed by atoms with Crippen molar-refractivity contribution in [3.63, 3.8) is 0 Å². The predicted octanol–water partition coefficient (Wildman–Crippen LogP) is 2.11. The largest absolute Gasteiger partial charge is 0.338 e. The van der Waals surface area contributed by atoms with Crippen molar-refractivity contribution in [2.45, 2.75) is 31.7 Å². The lowest BCUT2D eigenvalue weighted by molar-refractivity contribution is -0.126. The second-order valence-corrected chi connectivity index (χ2v) is 7.27. The predicted molar refractivity (Wildman–Crippen MR) is 115 cm³/mol. The molecule has 0 atom stereocenters. The average Bonchev–Trinajstić information content (AvgIpc) is 3.39. The molecule has 2 aliphatic heterocycles. The molecule has 1 fully saturated rings. The van der Waals surface area contributed by atoms with E-state index in [9.17, 15) is 9.59 Å². The summed E-state index contributed by atoms with van der Waals surface area (Å²) in [4.78, 5) is 27.4. The fraction of sp³-hybridized carbons (Fsp3) is 0.450. The molecule has 8 nitrogen and oxygen atoms in total. The number of urea groups is 1. The van der Waals surface area contributed by atoms with E-state index in [4.69, 9.17) is 0 Å². The van der Waals surface area contributed by atoms with Crippen molar-refractivity contribution in [1.82, 2.24) is 20.4 Å². The third kappa shape index (κ3) is 3.95. The number of amides is 3. The van der Waals surface area contributed by atoms with Crippen LogP contribution in [0.15, 0.2) is 36.7 Å². The van der Waals surface area contributed by atoms with E-state index in [1.165, 1.54) is 0 Å². The lowest BCUT2D eigenvalue weighted by Crippen LogP contribution is -2.52. The Labute approximate surface area is 176 Å². The van der Waals surface area contributed by atoms with Gasteiger partial charge in [0.1, 0.15) is 5.54 Å². The van der Waals surface area contributed by atoms with E-state index >= 15 is 0 Å². The van der Waals surface area contributed by atoms with Gasteiger partial charge in [-0.05, 0) is 63.0 Å². The Morgan fingerprint density at radius 2 is 2.07 bits per heavy atom. The minimum Gasteiger partial charge on any atom is -0.338 e. The Bertz CT molecular complexity index is 864. The van der Waals surface area contributed by atoms with Crippen molar-refractivity contribution in [2.75, 3.05) is 36.4 Å². The van der Waals surface area contributed by atoms with Gasteiger partial charge in [0, 0.05) is 31.2 Å².